The average Bonchev–Trinajstić information content (AvgIpc) is 3.45. The average molecular weight is 593 g/mol. The molecule has 0 saturated heterocycles. The minimum absolute atomic E-state index is 0. The first-order chi connectivity index (χ1) is 17.2. The van der Waals surface area contributed by atoms with Gasteiger partial charge in [-0.2, -0.15) is 0 Å². The van der Waals surface area contributed by atoms with E-state index in [0.29, 0.717) is 11.1 Å². The molecule has 11 heteroatoms. The number of rotatable bonds is 4. The van der Waals surface area contributed by atoms with Gasteiger partial charge in [0.15, 0.2) is 0 Å². The standard InChI is InChI=1S/C15H22BN6.C12H10O2.Mo.O/c1-10-7-13(4)20(17-10)16(21-14(5)8-11(2)18-21)22-15(6)9-12(3)19-22;13-11-7-3-1-5-9(11)10-6-2-4-8-12(10)14;;/h7-9,16H,1-6H3;1-8,13-14H;;/q-1;;;-2/p-2. The molecule has 0 spiro atoms. The van der Waals surface area contributed by atoms with Gasteiger partial charge >= 0.3 is 7.12 Å². The molecule has 0 unspecified atom stereocenters. The summed E-state index contributed by atoms with van der Waals surface area (Å²) in [6, 6.07) is 19.4. The summed E-state index contributed by atoms with van der Waals surface area (Å²) in [5, 5.41) is 37.0. The van der Waals surface area contributed by atoms with Gasteiger partial charge in [0.05, 0.1) is 17.1 Å². The monoisotopic (exact) mass is 595 g/mol. The first kappa shape index (κ1) is 30.6. The molecule has 3 heterocycles. The Labute approximate surface area is 237 Å². The molecule has 9 nitrogen and oxygen atoms in total. The van der Waals surface area contributed by atoms with Gasteiger partial charge in [-0.3, -0.25) is 0 Å². The maximum atomic E-state index is 11.4. The van der Waals surface area contributed by atoms with Crippen LogP contribution in [0.5, 0.6) is 11.5 Å². The Balaban J connectivity index is 0.000000276. The molecule has 0 saturated carbocycles. The van der Waals surface area contributed by atoms with Crippen LogP contribution >= 0.6 is 0 Å². The zero-order chi connectivity index (χ0) is 26.0. The molecule has 0 aliphatic heterocycles. The van der Waals surface area contributed by atoms with Crippen LogP contribution in [0.15, 0.2) is 66.7 Å². The van der Waals surface area contributed by atoms with E-state index in [1.165, 1.54) is 12.1 Å². The molecule has 2 aromatic carbocycles. The molecule has 5 aromatic rings. The zero-order valence-corrected chi connectivity index (χ0v) is 24.4. The van der Waals surface area contributed by atoms with Crippen molar-refractivity contribution in [3.05, 3.63) is 101 Å². The summed E-state index contributed by atoms with van der Waals surface area (Å²) in [4.78, 5) is 0. The predicted octanol–water partition coefficient (Wildman–Crippen LogP) is 3.17. The van der Waals surface area contributed by atoms with Crippen molar-refractivity contribution >= 4 is 7.12 Å². The van der Waals surface area contributed by atoms with E-state index in [2.05, 4.69) is 52.7 Å². The minimum Gasteiger partial charge on any atom is -2.00 e. The van der Waals surface area contributed by atoms with E-state index in [-0.39, 0.29) is 38.0 Å². The Morgan fingerprint density at radius 2 is 0.842 bits per heavy atom. The molecule has 0 fully saturated rings. The molecule has 0 aliphatic rings. The smallest absolute Gasteiger partial charge is 0.326 e. The van der Waals surface area contributed by atoms with Crippen molar-refractivity contribution in [2.45, 2.75) is 41.5 Å². The molecular formula is C27H30BMoN6O3-5. The number of hydrogen-bond acceptors (Lipinski definition) is 5. The Morgan fingerprint density at radius 3 is 1.08 bits per heavy atom. The second-order valence-corrected chi connectivity index (χ2v) is 9.20. The van der Waals surface area contributed by atoms with Gasteiger partial charge in [-0.25, -0.2) is 15.3 Å². The first-order valence-electron chi connectivity index (χ1n) is 11.9. The summed E-state index contributed by atoms with van der Waals surface area (Å²) in [6.07, 6.45) is 0. The normalized spacial score (nSPS) is 10.4. The SMILES string of the molecule is Cc1cc(C)n([BH-](n2nc(C)cc2C)n2nc(C)cc2C)n1.[Mo].[O-2].[O-]c1ccccc1-c1ccccc1[O-]. The van der Waals surface area contributed by atoms with Gasteiger partial charge in [0.25, 0.3) is 0 Å². The molecule has 0 amide bonds. The third kappa shape index (κ3) is 6.44. The van der Waals surface area contributed by atoms with Crippen LogP contribution in [0.3, 0.4) is 0 Å². The van der Waals surface area contributed by atoms with Gasteiger partial charge in [-0.1, -0.05) is 48.5 Å². The molecule has 200 valence electrons. The van der Waals surface area contributed by atoms with Gasteiger partial charge < -0.3 is 29.5 Å². The summed E-state index contributed by atoms with van der Waals surface area (Å²) in [5.41, 5.74) is 7.35. The van der Waals surface area contributed by atoms with Gasteiger partial charge in [0.2, 0.25) is 0 Å². The van der Waals surface area contributed by atoms with Crippen molar-refractivity contribution in [1.82, 2.24) is 29.1 Å². The van der Waals surface area contributed by atoms with Gasteiger partial charge in [-0.15, -0.1) is 11.5 Å². The van der Waals surface area contributed by atoms with Gasteiger partial charge in [0, 0.05) is 21.1 Å². The topological polar surface area (TPSA) is 128 Å². The van der Waals surface area contributed by atoms with E-state index in [9.17, 15) is 10.2 Å². The number of aromatic nitrogens is 6. The molecule has 0 radical (unpaired) electrons. The van der Waals surface area contributed by atoms with E-state index in [1.54, 1.807) is 36.4 Å². The van der Waals surface area contributed by atoms with Crippen molar-refractivity contribution in [3.8, 4) is 22.6 Å². The van der Waals surface area contributed by atoms with E-state index >= 15 is 0 Å². The molecule has 0 aliphatic carbocycles. The fourth-order valence-corrected chi connectivity index (χ4v) is 4.64. The van der Waals surface area contributed by atoms with E-state index in [4.69, 9.17) is 15.3 Å². The molecule has 3 aromatic heterocycles. The molecule has 5 rings (SSSR count). The van der Waals surface area contributed by atoms with Crippen LogP contribution in [0, 0.1) is 41.5 Å². The fourth-order valence-electron chi connectivity index (χ4n) is 4.64. The Kier molecular flexibility index (Phi) is 10.3. The van der Waals surface area contributed by atoms with Gasteiger partial charge in [0.1, 0.15) is 0 Å². The quantitative estimate of drug-likeness (QED) is 0.296. The van der Waals surface area contributed by atoms with Gasteiger partial charge in [-0.05, 0) is 88.0 Å². The van der Waals surface area contributed by atoms with E-state index in [0.717, 1.165) is 34.2 Å². The molecule has 38 heavy (non-hydrogen) atoms. The number of nitrogens with zero attached hydrogens (tertiary/aromatic N) is 6. The predicted molar refractivity (Wildman–Crippen MR) is 140 cm³/mol. The zero-order valence-electron chi connectivity index (χ0n) is 22.4. The van der Waals surface area contributed by atoms with Crippen molar-refractivity contribution in [2.24, 2.45) is 0 Å². The minimum atomic E-state index is -1.26. The van der Waals surface area contributed by atoms with Crippen LogP contribution in [-0.2, 0) is 26.5 Å². The molecule has 0 N–H and O–H groups in total. The Hall–Kier alpha value is -3.62. The number of para-hydroxylation sites is 2. The second kappa shape index (κ2) is 12.8. The Morgan fingerprint density at radius 1 is 0.553 bits per heavy atom. The molecular weight excluding hydrogens is 563 g/mol. The van der Waals surface area contributed by atoms with Crippen LogP contribution in [-0.4, -0.2) is 36.2 Å². The number of hydrogen-bond donors (Lipinski definition) is 0. The van der Waals surface area contributed by atoms with Crippen LogP contribution in [0.25, 0.3) is 11.1 Å². The number of aryl methyl sites for hydroxylation is 6. The summed E-state index contributed by atoms with van der Waals surface area (Å²) in [7, 11) is -1.26. The van der Waals surface area contributed by atoms with E-state index in [1.807, 2.05) is 20.8 Å². The van der Waals surface area contributed by atoms with Crippen LogP contribution in [0.4, 0.5) is 0 Å². The summed E-state index contributed by atoms with van der Waals surface area (Å²) in [6.45, 7) is 12.3. The van der Waals surface area contributed by atoms with Crippen LogP contribution < -0.4 is 10.2 Å². The maximum absolute atomic E-state index is 11.4. The van der Waals surface area contributed by atoms with Crippen LogP contribution in [0.2, 0.25) is 0 Å². The van der Waals surface area contributed by atoms with Crippen LogP contribution in [0.1, 0.15) is 34.2 Å². The molecule has 0 atom stereocenters. The fraction of sp³-hybridized carbons (Fsp3) is 0.222. The largest absolute Gasteiger partial charge is 2.00 e. The third-order valence-corrected chi connectivity index (χ3v) is 6.18. The van der Waals surface area contributed by atoms with Crippen molar-refractivity contribution in [1.29, 1.82) is 0 Å². The Bertz CT molecular complexity index is 1360. The summed E-state index contributed by atoms with van der Waals surface area (Å²) in [5.74, 6) is -0.230. The number of benzene rings is 2. The third-order valence-electron chi connectivity index (χ3n) is 6.18. The first-order valence-corrected chi connectivity index (χ1v) is 11.9. The van der Waals surface area contributed by atoms with Crippen molar-refractivity contribution in [3.63, 3.8) is 0 Å². The molecule has 0 bridgehead atoms. The second-order valence-electron chi connectivity index (χ2n) is 9.20. The summed E-state index contributed by atoms with van der Waals surface area (Å²) >= 11 is 0. The van der Waals surface area contributed by atoms with Crippen molar-refractivity contribution < 1.29 is 36.8 Å². The van der Waals surface area contributed by atoms with Crippen molar-refractivity contribution in [2.75, 3.05) is 0 Å². The summed E-state index contributed by atoms with van der Waals surface area (Å²) < 4.78 is 6.19. The maximum Gasteiger partial charge on any atom is 0.326 e. The van der Waals surface area contributed by atoms with E-state index < -0.39 is 7.12 Å².